The van der Waals surface area contributed by atoms with E-state index in [1.54, 1.807) is 0 Å². The van der Waals surface area contributed by atoms with Crippen LogP contribution in [0.5, 0.6) is 0 Å². The van der Waals surface area contributed by atoms with Gasteiger partial charge in [0, 0.05) is 32.5 Å². The fourth-order valence-electron chi connectivity index (χ4n) is 1.25. The highest BCUT2D eigenvalue weighted by atomic mass is 16.5. The second-order valence-corrected chi connectivity index (χ2v) is 4.90. The second kappa shape index (κ2) is 11.4. The molecule has 0 fully saturated rings. The molecular formula is C13H29NO2. The summed E-state index contributed by atoms with van der Waals surface area (Å²) in [5, 5.41) is 3.36. The first-order valence-electron chi connectivity index (χ1n) is 6.51. The molecule has 0 aliphatic rings. The lowest BCUT2D eigenvalue weighted by Crippen LogP contribution is -2.24. The maximum absolute atomic E-state index is 5.50. The summed E-state index contributed by atoms with van der Waals surface area (Å²) >= 11 is 0. The monoisotopic (exact) mass is 231 g/mol. The summed E-state index contributed by atoms with van der Waals surface area (Å²) in [5.41, 5.74) is 0. The molecule has 0 aromatic heterocycles. The molecule has 3 heteroatoms. The number of ether oxygens (including phenoxy) is 2. The van der Waals surface area contributed by atoms with Crippen LogP contribution in [-0.4, -0.2) is 39.0 Å². The average molecular weight is 231 g/mol. The Balaban J connectivity index is 2.93. The Bertz CT molecular complexity index is 122. The zero-order chi connectivity index (χ0) is 12.2. The molecule has 0 aromatic carbocycles. The van der Waals surface area contributed by atoms with Gasteiger partial charge < -0.3 is 14.8 Å². The van der Waals surface area contributed by atoms with E-state index in [0.717, 1.165) is 45.8 Å². The summed E-state index contributed by atoms with van der Waals surface area (Å²) in [5.74, 6) is 0.628. The van der Waals surface area contributed by atoms with Gasteiger partial charge in [-0.05, 0) is 25.3 Å². The van der Waals surface area contributed by atoms with Crippen LogP contribution < -0.4 is 5.32 Å². The number of nitrogens with one attached hydrogen (secondary N) is 1. The number of hydrogen-bond donors (Lipinski definition) is 1. The molecule has 0 heterocycles. The highest BCUT2D eigenvalue weighted by Crippen LogP contribution is 1.94. The predicted molar refractivity (Wildman–Crippen MR) is 68.8 cm³/mol. The third-order valence-corrected chi connectivity index (χ3v) is 2.05. The summed E-state index contributed by atoms with van der Waals surface area (Å²) in [6, 6.07) is 0.574. The van der Waals surface area contributed by atoms with Crippen LogP contribution >= 0.6 is 0 Å². The van der Waals surface area contributed by atoms with Crippen molar-refractivity contribution in [3.05, 3.63) is 0 Å². The normalized spacial score (nSPS) is 11.6. The minimum atomic E-state index is 0.574. The van der Waals surface area contributed by atoms with Gasteiger partial charge in [-0.25, -0.2) is 0 Å². The first-order chi connectivity index (χ1) is 7.63. The van der Waals surface area contributed by atoms with Crippen LogP contribution in [0, 0.1) is 5.92 Å². The van der Waals surface area contributed by atoms with E-state index in [-0.39, 0.29) is 0 Å². The number of hydrogen-bond acceptors (Lipinski definition) is 3. The lowest BCUT2D eigenvalue weighted by molar-refractivity contribution is 0.0707. The molecule has 0 rings (SSSR count). The predicted octanol–water partition coefficient (Wildman–Crippen LogP) is 2.45. The molecule has 98 valence electrons. The molecule has 0 unspecified atom stereocenters. The zero-order valence-electron chi connectivity index (χ0n) is 11.4. The Morgan fingerprint density at radius 3 is 2.12 bits per heavy atom. The Labute approximate surface area is 101 Å². The fourth-order valence-corrected chi connectivity index (χ4v) is 1.25. The minimum absolute atomic E-state index is 0.574. The van der Waals surface area contributed by atoms with Gasteiger partial charge in [-0.3, -0.25) is 0 Å². The van der Waals surface area contributed by atoms with E-state index in [2.05, 4.69) is 33.0 Å². The first-order valence-corrected chi connectivity index (χ1v) is 6.51. The first kappa shape index (κ1) is 15.9. The molecule has 0 aromatic rings. The van der Waals surface area contributed by atoms with Crippen LogP contribution in [-0.2, 0) is 9.47 Å². The van der Waals surface area contributed by atoms with E-state index in [4.69, 9.17) is 9.47 Å². The highest BCUT2D eigenvalue weighted by Gasteiger charge is 1.95. The van der Waals surface area contributed by atoms with E-state index in [1.807, 2.05) is 0 Å². The zero-order valence-corrected chi connectivity index (χ0v) is 11.4. The lowest BCUT2D eigenvalue weighted by Gasteiger charge is -2.09. The fraction of sp³-hybridized carbons (Fsp3) is 1.00. The van der Waals surface area contributed by atoms with Crippen molar-refractivity contribution in [1.82, 2.24) is 5.32 Å². The molecule has 0 saturated carbocycles. The average Bonchev–Trinajstić information content (AvgIpc) is 2.20. The van der Waals surface area contributed by atoms with Crippen LogP contribution in [0.4, 0.5) is 0 Å². The molecule has 0 saturated heterocycles. The van der Waals surface area contributed by atoms with E-state index in [9.17, 15) is 0 Å². The third-order valence-electron chi connectivity index (χ3n) is 2.05. The summed E-state index contributed by atoms with van der Waals surface area (Å²) in [6.45, 7) is 13.0. The topological polar surface area (TPSA) is 30.5 Å². The van der Waals surface area contributed by atoms with Crippen LogP contribution in [0.3, 0.4) is 0 Å². The smallest absolute Gasteiger partial charge is 0.0489 e. The van der Waals surface area contributed by atoms with Gasteiger partial charge in [-0.15, -0.1) is 0 Å². The van der Waals surface area contributed by atoms with E-state index >= 15 is 0 Å². The molecule has 0 aliphatic heterocycles. The van der Waals surface area contributed by atoms with Crippen molar-refractivity contribution in [2.75, 3.05) is 33.0 Å². The van der Waals surface area contributed by atoms with Crippen LogP contribution in [0.15, 0.2) is 0 Å². The molecule has 0 bridgehead atoms. The van der Waals surface area contributed by atoms with Crippen molar-refractivity contribution < 1.29 is 9.47 Å². The van der Waals surface area contributed by atoms with Crippen molar-refractivity contribution in [1.29, 1.82) is 0 Å². The van der Waals surface area contributed by atoms with Crippen molar-refractivity contribution in [3.8, 4) is 0 Å². The Morgan fingerprint density at radius 1 is 0.875 bits per heavy atom. The van der Waals surface area contributed by atoms with Crippen LogP contribution in [0.2, 0.25) is 0 Å². The summed E-state index contributed by atoms with van der Waals surface area (Å²) in [6.07, 6.45) is 2.09. The third kappa shape index (κ3) is 13.9. The van der Waals surface area contributed by atoms with Gasteiger partial charge in [0.25, 0.3) is 0 Å². The summed E-state index contributed by atoms with van der Waals surface area (Å²) in [7, 11) is 0. The standard InChI is InChI=1S/C13H29NO2/c1-12(2)11-16-10-6-9-15-8-5-7-14-13(3)4/h12-14H,5-11H2,1-4H3. The van der Waals surface area contributed by atoms with Crippen LogP contribution in [0.25, 0.3) is 0 Å². The SMILES string of the molecule is CC(C)COCCCOCCCNC(C)C. The van der Waals surface area contributed by atoms with Gasteiger partial charge in [-0.1, -0.05) is 27.7 Å². The summed E-state index contributed by atoms with van der Waals surface area (Å²) in [4.78, 5) is 0. The quantitative estimate of drug-likeness (QED) is 0.554. The molecule has 16 heavy (non-hydrogen) atoms. The molecular weight excluding hydrogens is 202 g/mol. The van der Waals surface area contributed by atoms with Crippen molar-refractivity contribution >= 4 is 0 Å². The van der Waals surface area contributed by atoms with Gasteiger partial charge in [0.15, 0.2) is 0 Å². The van der Waals surface area contributed by atoms with Crippen LogP contribution in [0.1, 0.15) is 40.5 Å². The van der Waals surface area contributed by atoms with Gasteiger partial charge in [0.1, 0.15) is 0 Å². The Hall–Kier alpha value is -0.120. The second-order valence-electron chi connectivity index (χ2n) is 4.90. The van der Waals surface area contributed by atoms with Gasteiger partial charge in [0.2, 0.25) is 0 Å². The van der Waals surface area contributed by atoms with Gasteiger partial charge in [-0.2, -0.15) is 0 Å². The van der Waals surface area contributed by atoms with Crippen molar-refractivity contribution in [3.63, 3.8) is 0 Å². The Morgan fingerprint density at radius 2 is 1.50 bits per heavy atom. The van der Waals surface area contributed by atoms with Gasteiger partial charge >= 0.3 is 0 Å². The van der Waals surface area contributed by atoms with E-state index in [1.165, 1.54) is 0 Å². The number of rotatable bonds is 11. The molecule has 0 amide bonds. The van der Waals surface area contributed by atoms with Gasteiger partial charge in [0.05, 0.1) is 0 Å². The van der Waals surface area contributed by atoms with E-state index in [0.29, 0.717) is 12.0 Å². The molecule has 0 aliphatic carbocycles. The van der Waals surface area contributed by atoms with Crippen molar-refractivity contribution in [2.45, 2.75) is 46.6 Å². The molecule has 0 spiro atoms. The molecule has 1 N–H and O–H groups in total. The summed E-state index contributed by atoms with van der Waals surface area (Å²) < 4.78 is 11.0. The molecule has 0 radical (unpaired) electrons. The molecule has 0 atom stereocenters. The van der Waals surface area contributed by atoms with E-state index < -0.39 is 0 Å². The lowest BCUT2D eigenvalue weighted by atomic mass is 10.2. The van der Waals surface area contributed by atoms with Crippen molar-refractivity contribution in [2.24, 2.45) is 5.92 Å². The maximum Gasteiger partial charge on any atom is 0.0489 e. The Kier molecular flexibility index (Phi) is 11.3. The largest absolute Gasteiger partial charge is 0.381 e. The molecule has 3 nitrogen and oxygen atoms in total. The highest BCUT2D eigenvalue weighted by molar-refractivity contribution is 4.51. The maximum atomic E-state index is 5.50. The minimum Gasteiger partial charge on any atom is -0.381 e.